The number of nitrogens with zero attached hydrogens (tertiary/aromatic N) is 1. The Morgan fingerprint density at radius 2 is 1.96 bits per heavy atom. The van der Waals surface area contributed by atoms with Gasteiger partial charge < -0.3 is 4.74 Å². The van der Waals surface area contributed by atoms with E-state index in [2.05, 4.69) is 56.2 Å². The van der Waals surface area contributed by atoms with Gasteiger partial charge in [0.2, 0.25) is 0 Å². The molecule has 4 nitrogen and oxygen atoms in total. The third-order valence-electron chi connectivity index (χ3n) is 4.80. The van der Waals surface area contributed by atoms with Crippen LogP contribution in [0.4, 0.5) is 5.82 Å². The number of H-pyrrole nitrogens is 1. The Hall–Kier alpha value is -2.38. The van der Waals surface area contributed by atoms with Crippen molar-refractivity contribution in [3.8, 4) is 6.07 Å². The number of hydrogen-bond donors (Lipinski definition) is 1. The molecule has 0 saturated carbocycles. The molecule has 26 heavy (non-hydrogen) atoms. The molecule has 1 aliphatic rings. The van der Waals surface area contributed by atoms with Crippen LogP contribution in [-0.4, -0.2) is 5.60 Å². The zero-order chi connectivity index (χ0) is 18.7. The first kappa shape index (κ1) is 18.4. The number of anilines is 1. The molecule has 3 rings (SSSR count). The lowest BCUT2D eigenvalue weighted by Gasteiger charge is -2.33. The van der Waals surface area contributed by atoms with Crippen LogP contribution in [0.25, 0.3) is 0 Å². The summed E-state index contributed by atoms with van der Waals surface area (Å²) in [6.45, 7) is 9.85. The van der Waals surface area contributed by atoms with Gasteiger partial charge in [-0.3, -0.25) is 5.32 Å². The molecule has 2 aromatic rings. The molecule has 0 amide bonds. The van der Waals surface area contributed by atoms with Crippen LogP contribution in [0.2, 0.25) is 0 Å². The average molecular weight is 350 g/mol. The number of rotatable bonds is 5. The molecule has 0 unspecified atom stereocenters. The minimum Gasteiger partial charge on any atom is -0.370 e. The van der Waals surface area contributed by atoms with Gasteiger partial charge in [-0.2, -0.15) is 5.26 Å². The molecule has 0 atom stereocenters. The predicted octanol–water partition coefficient (Wildman–Crippen LogP) is 4.03. The first-order valence-corrected chi connectivity index (χ1v) is 9.31. The summed E-state index contributed by atoms with van der Waals surface area (Å²) >= 11 is 0. The lowest BCUT2D eigenvalue weighted by molar-refractivity contribution is -0.376. The molecule has 0 saturated heterocycles. The van der Waals surface area contributed by atoms with Crippen LogP contribution in [0.1, 0.15) is 55.6 Å². The number of nitrogens with one attached hydrogen (secondary N) is 2. The summed E-state index contributed by atoms with van der Waals surface area (Å²) in [4.78, 5) is 3.51. The summed E-state index contributed by atoms with van der Waals surface area (Å²) in [5.41, 5.74) is 5.15. The third-order valence-corrected chi connectivity index (χ3v) is 4.80. The number of ether oxygens (including phenoxy) is 1. The fourth-order valence-corrected chi connectivity index (χ4v) is 3.51. The van der Waals surface area contributed by atoms with E-state index in [0.29, 0.717) is 19.1 Å². The zero-order valence-corrected chi connectivity index (χ0v) is 16.1. The van der Waals surface area contributed by atoms with Crippen molar-refractivity contribution in [1.29, 1.82) is 5.26 Å². The van der Waals surface area contributed by atoms with Crippen LogP contribution in [0.3, 0.4) is 0 Å². The maximum atomic E-state index is 9.86. The summed E-state index contributed by atoms with van der Waals surface area (Å²) in [5.74, 6) is 1.35. The largest absolute Gasteiger partial charge is 0.370 e. The number of pyridine rings is 1. The van der Waals surface area contributed by atoms with E-state index in [1.165, 1.54) is 16.8 Å². The van der Waals surface area contributed by atoms with Crippen LogP contribution >= 0.6 is 0 Å². The second-order valence-electron chi connectivity index (χ2n) is 8.08. The highest BCUT2D eigenvalue weighted by Crippen LogP contribution is 2.33. The normalized spacial score (nSPS) is 15.4. The lowest BCUT2D eigenvalue weighted by atomic mass is 9.87. The third kappa shape index (κ3) is 4.05. The van der Waals surface area contributed by atoms with Crippen molar-refractivity contribution in [1.82, 2.24) is 0 Å². The van der Waals surface area contributed by atoms with E-state index < -0.39 is 0 Å². The van der Waals surface area contributed by atoms with Gasteiger partial charge in [-0.25, -0.2) is 4.98 Å². The molecule has 1 aromatic carbocycles. The first-order valence-electron chi connectivity index (χ1n) is 9.31. The SMILES string of the molecule is CC(C)Cc1[nH+]c(NCc2ccccc2)c(C#N)c2c1COC(C)(C)C2. The summed E-state index contributed by atoms with van der Waals surface area (Å²) in [5, 5.41) is 13.3. The van der Waals surface area contributed by atoms with Crippen molar-refractivity contribution < 1.29 is 9.72 Å². The van der Waals surface area contributed by atoms with Gasteiger partial charge in [0.15, 0.2) is 0 Å². The maximum Gasteiger partial charge on any atom is 0.291 e. The van der Waals surface area contributed by atoms with Gasteiger partial charge in [0.05, 0.1) is 12.2 Å². The number of fused-ring (bicyclic) bond motifs is 1. The van der Waals surface area contributed by atoms with Gasteiger partial charge in [0, 0.05) is 18.4 Å². The van der Waals surface area contributed by atoms with Crippen molar-refractivity contribution in [3.05, 3.63) is 58.3 Å². The van der Waals surface area contributed by atoms with E-state index in [4.69, 9.17) is 4.74 Å². The van der Waals surface area contributed by atoms with E-state index in [0.717, 1.165) is 29.8 Å². The quantitative estimate of drug-likeness (QED) is 0.885. The molecule has 136 valence electrons. The van der Waals surface area contributed by atoms with Crippen LogP contribution in [0, 0.1) is 17.2 Å². The Labute approximate surface area is 156 Å². The predicted molar refractivity (Wildman–Crippen MR) is 103 cm³/mol. The second-order valence-corrected chi connectivity index (χ2v) is 8.08. The van der Waals surface area contributed by atoms with Gasteiger partial charge in [0.1, 0.15) is 23.9 Å². The molecule has 2 heterocycles. The fourth-order valence-electron chi connectivity index (χ4n) is 3.51. The molecule has 0 radical (unpaired) electrons. The van der Waals surface area contributed by atoms with Gasteiger partial charge in [-0.15, -0.1) is 0 Å². The number of aromatic nitrogens is 1. The highest BCUT2D eigenvalue weighted by molar-refractivity contribution is 5.56. The molecule has 0 spiro atoms. The van der Waals surface area contributed by atoms with Crippen molar-refractivity contribution in [2.45, 2.75) is 59.3 Å². The molecule has 1 aromatic heterocycles. The van der Waals surface area contributed by atoms with E-state index in [-0.39, 0.29) is 5.60 Å². The summed E-state index contributed by atoms with van der Waals surface area (Å²) < 4.78 is 6.03. The minimum atomic E-state index is -0.244. The maximum absolute atomic E-state index is 9.86. The molecule has 1 aliphatic heterocycles. The van der Waals surface area contributed by atoms with Crippen molar-refractivity contribution in [2.75, 3.05) is 5.32 Å². The first-order chi connectivity index (χ1) is 12.4. The summed E-state index contributed by atoms with van der Waals surface area (Å²) in [7, 11) is 0. The van der Waals surface area contributed by atoms with E-state index in [1.807, 2.05) is 18.2 Å². The molecular weight excluding hydrogens is 322 g/mol. The second kappa shape index (κ2) is 7.47. The van der Waals surface area contributed by atoms with Gasteiger partial charge >= 0.3 is 0 Å². The lowest BCUT2D eigenvalue weighted by Crippen LogP contribution is -2.36. The number of benzene rings is 1. The summed E-state index contributed by atoms with van der Waals surface area (Å²) in [6, 6.07) is 12.7. The molecule has 0 fully saturated rings. The van der Waals surface area contributed by atoms with Gasteiger partial charge in [-0.05, 0) is 30.9 Å². The molecule has 2 N–H and O–H groups in total. The topological polar surface area (TPSA) is 59.2 Å². The number of aromatic amines is 1. The molecular formula is C22H28N3O+. The zero-order valence-electron chi connectivity index (χ0n) is 16.1. The Morgan fingerprint density at radius 3 is 2.62 bits per heavy atom. The molecule has 4 heteroatoms. The number of nitriles is 1. The number of hydrogen-bond acceptors (Lipinski definition) is 3. The molecule has 0 bridgehead atoms. The van der Waals surface area contributed by atoms with E-state index in [9.17, 15) is 5.26 Å². The Bertz CT molecular complexity index is 820. The van der Waals surface area contributed by atoms with Crippen LogP contribution in [0.15, 0.2) is 30.3 Å². The summed E-state index contributed by atoms with van der Waals surface area (Å²) in [6.07, 6.45) is 1.70. The Kier molecular flexibility index (Phi) is 5.29. The van der Waals surface area contributed by atoms with Crippen LogP contribution < -0.4 is 10.3 Å². The highest BCUT2D eigenvalue weighted by Gasteiger charge is 2.33. The minimum absolute atomic E-state index is 0.244. The van der Waals surface area contributed by atoms with Crippen molar-refractivity contribution in [2.24, 2.45) is 5.92 Å². The van der Waals surface area contributed by atoms with Crippen LogP contribution in [-0.2, 0) is 30.7 Å². The monoisotopic (exact) mass is 350 g/mol. The van der Waals surface area contributed by atoms with E-state index in [1.54, 1.807) is 0 Å². The molecule has 0 aliphatic carbocycles. The Balaban J connectivity index is 2.01. The fraction of sp³-hybridized carbons (Fsp3) is 0.455. The van der Waals surface area contributed by atoms with Crippen molar-refractivity contribution >= 4 is 5.82 Å². The average Bonchev–Trinajstić information content (AvgIpc) is 2.59. The standard InChI is InChI=1S/C22H27N3O/c1-15(2)10-20-19-14-26-22(3,4)11-17(19)18(12-23)21(25-20)24-13-16-8-6-5-7-9-16/h5-9,15H,10-11,13-14H2,1-4H3,(H,24,25)/p+1. The Morgan fingerprint density at radius 1 is 1.23 bits per heavy atom. The highest BCUT2D eigenvalue weighted by atomic mass is 16.5. The van der Waals surface area contributed by atoms with Gasteiger partial charge in [0.25, 0.3) is 5.82 Å². The smallest absolute Gasteiger partial charge is 0.291 e. The van der Waals surface area contributed by atoms with Gasteiger partial charge in [-0.1, -0.05) is 44.2 Å². The van der Waals surface area contributed by atoms with E-state index >= 15 is 0 Å². The van der Waals surface area contributed by atoms with Crippen LogP contribution in [0.5, 0.6) is 0 Å². The van der Waals surface area contributed by atoms with Crippen molar-refractivity contribution in [3.63, 3.8) is 0 Å².